The van der Waals surface area contributed by atoms with Crippen molar-refractivity contribution in [2.24, 2.45) is 0 Å². The van der Waals surface area contributed by atoms with E-state index in [-0.39, 0.29) is 24.4 Å². The lowest BCUT2D eigenvalue weighted by atomic mass is 10.1. The number of rotatable bonds is 36. The summed E-state index contributed by atoms with van der Waals surface area (Å²) in [7, 11) is 0. The van der Waals surface area contributed by atoms with E-state index in [0.29, 0.717) is 6.61 Å². The number of nitrogens with one attached hydrogen (secondary N) is 1. The molecule has 2 aliphatic rings. The van der Waals surface area contributed by atoms with Crippen LogP contribution in [0.15, 0.2) is 24.3 Å². The Morgan fingerprint density at radius 2 is 0.980 bits per heavy atom. The molecule has 4 atom stereocenters. The molecule has 0 aromatic rings. The molecule has 0 aromatic heterocycles. The monoisotopic (exact) mass is 704 g/mol. The van der Waals surface area contributed by atoms with Gasteiger partial charge in [-0.05, 0) is 78.1 Å². The highest BCUT2D eigenvalue weighted by Gasteiger charge is 2.51. The summed E-state index contributed by atoms with van der Waals surface area (Å²) in [5.74, 6) is -0.519. The molecule has 5 nitrogen and oxygen atoms in total. The van der Waals surface area contributed by atoms with Gasteiger partial charge in [-0.3, -0.25) is 0 Å². The van der Waals surface area contributed by atoms with Crippen molar-refractivity contribution in [2.75, 3.05) is 26.4 Å². The Balaban J connectivity index is 1.49. The van der Waals surface area contributed by atoms with Crippen LogP contribution < -0.4 is 5.32 Å². The van der Waals surface area contributed by atoms with Crippen LogP contribution >= 0.6 is 0 Å². The third kappa shape index (κ3) is 23.8. The highest BCUT2D eigenvalue weighted by molar-refractivity contribution is 5.01. The smallest absolute Gasteiger partial charge is 0.163 e. The van der Waals surface area contributed by atoms with Crippen molar-refractivity contribution < 1.29 is 18.9 Å². The van der Waals surface area contributed by atoms with E-state index in [9.17, 15) is 0 Å². The number of ether oxygens (including phenoxy) is 4. The van der Waals surface area contributed by atoms with E-state index in [1.165, 1.54) is 167 Å². The molecule has 0 radical (unpaired) electrons. The second-order valence-corrected chi connectivity index (χ2v) is 15.9. The molecule has 2 saturated heterocycles. The SMILES string of the molecule is CCCCCCCC/C=C\CCCCCCCCOC[C@@H](OCCCCCCCC/C=C\CCCCCCCC)[C@H]1NC[C@@H]2OC(C)(C)O[C@H]12. The van der Waals surface area contributed by atoms with E-state index in [1.54, 1.807) is 0 Å². The Bertz CT molecular complexity index is 798. The minimum atomic E-state index is -0.519. The molecule has 0 aliphatic carbocycles. The van der Waals surface area contributed by atoms with Crippen LogP contribution in [0, 0.1) is 0 Å². The standard InChI is InChI=1S/C45H85NO4/c1-5-7-9-11-13-15-17-19-21-23-25-27-29-31-33-35-37-47-40-42(43-44-41(39-46-43)49-45(3,4)50-44)48-38-36-34-32-30-28-26-24-22-20-18-16-14-12-10-8-6-2/h19-22,41-44,46H,5-18,23-40H2,1-4H3/b21-19-,22-20-/t41-,42+,43+,44-/m0/s1. The van der Waals surface area contributed by atoms with Gasteiger partial charge in [0, 0.05) is 19.8 Å². The van der Waals surface area contributed by atoms with Crippen molar-refractivity contribution >= 4 is 0 Å². The predicted octanol–water partition coefficient (Wildman–Crippen LogP) is 13.0. The Morgan fingerprint density at radius 1 is 0.560 bits per heavy atom. The lowest BCUT2D eigenvalue weighted by Crippen LogP contribution is -2.47. The summed E-state index contributed by atoms with van der Waals surface area (Å²) >= 11 is 0. The lowest BCUT2D eigenvalue weighted by Gasteiger charge is -2.29. The maximum Gasteiger partial charge on any atom is 0.163 e. The van der Waals surface area contributed by atoms with E-state index >= 15 is 0 Å². The van der Waals surface area contributed by atoms with Gasteiger partial charge in [0.05, 0.1) is 18.8 Å². The second kappa shape index (κ2) is 31.8. The largest absolute Gasteiger partial charge is 0.379 e. The number of hydrogen-bond acceptors (Lipinski definition) is 5. The summed E-state index contributed by atoms with van der Waals surface area (Å²) in [5.41, 5.74) is 0. The summed E-state index contributed by atoms with van der Waals surface area (Å²) in [6.45, 7) is 11.7. The van der Waals surface area contributed by atoms with Crippen LogP contribution in [0.5, 0.6) is 0 Å². The topological polar surface area (TPSA) is 49.0 Å². The molecule has 50 heavy (non-hydrogen) atoms. The molecule has 2 rings (SSSR count). The van der Waals surface area contributed by atoms with Gasteiger partial charge in [-0.15, -0.1) is 0 Å². The highest BCUT2D eigenvalue weighted by Crippen LogP contribution is 2.34. The number of fused-ring (bicyclic) bond motifs is 1. The minimum Gasteiger partial charge on any atom is -0.379 e. The first-order valence-electron chi connectivity index (χ1n) is 22.2. The van der Waals surface area contributed by atoms with Gasteiger partial charge < -0.3 is 24.3 Å². The van der Waals surface area contributed by atoms with Crippen molar-refractivity contribution in [3.8, 4) is 0 Å². The van der Waals surface area contributed by atoms with Crippen LogP contribution in [0.1, 0.15) is 207 Å². The van der Waals surface area contributed by atoms with Crippen LogP contribution in [-0.2, 0) is 18.9 Å². The van der Waals surface area contributed by atoms with Crippen molar-refractivity contribution in [1.29, 1.82) is 0 Å². The van der Waals surface area contributed by atoms with Crippen LogP contribution in [0.3, 0.4) is 0 Å². The van der Waals surface area contributed by atoms with E-state index in [4.69, 9.17) is 18.9 Å². The number of unbranched alkanes of at least 4 members (excludes halogenated alkanes) is 24. The summed E-state index contributed by atoms with van der Waals surface area (Å²) < 4.78 is 25.2. The molecule has 1 N–H and O–H groups in total. The molecule has 5 heteroatoms. The van der Waals surface area contributed by atoms with Crippen LogP contribution in [-0.4, -0.2) is 56.5 Å². The first kappa shape index (κ1) is 45.4. The van der Waals surface area contributed by atoms with Gasteiger partial charge in [-0.1, -0.05) is 154 Å². The van der Waals surface area contributed by atoms with Gasteiger partial charge in [0.2, 0.25) is 0 Å². The van der Waals surface area contributed by atoms with Gasteiger partial charge in [0.15, 0.2) is 5.79 Å². The normalized spacial score (nSPS) is 20.8. The molecule has 0 spiro atoms. The Labute approximate surface area is 311 Å². The van der Waals surface area contributed by atoms with E-state index < -0.39 is 5.79 Å². The first-order valence-corrected chi connectivity index (χ1v) is 22.2. The molecule has 294 valence electrons. The van der Waals surface area contributed by atoms with Crippen LogP contribution in [0.4, 0.5) is 0 Å². The van der Waals surface area contributed by atoms with E-state index in [1.807, 2.05) is 13.8 Å². The summed E-state index contributed by atoms with van der Waals surface area (Å²) in [4.78, 5) is 0. The predicted molar refractivity (Wildman–Crippen MR) is 215 cm³/mol. The number of allylic oxidation sites excluding steroid dienone is 4. The fourth-order valence-electron chi connectivity index (χ4n) is 7.53. The molecule has 0 aromatic carbocycles. The second-order valence-electron chi connectivity index (χ2n) is 15.9. The molecule has 2 fully saturated rings. The molecule has 0 amide bonds. The van der Waals surface area contributed by atoms with Crippen molar-refractivity contribution in [1.82, 2.24) is 5.32 Å². The number of hydrogen-bond donors (Lipinski definition) is 1. The summed E-state index contributed by atoms with van der Waals surface area (Å²) in [5, 5.41) is 3.65. The zero-order valence-electron chi connectivity index (χ0n) is 33.9. The van der Waals surface area contributed by atoms with Crippen molar-refractivity contribution in [2.45, 2.75) is 238 Å². The van der Waals surface area contributed by atoms with Crippen LogP contribution in [0.25, 0.3) is 0 Å². The van der Waals surface area contributed by atoms with Gasteiger partial charge in [-0.25, -0.2) is 0 Å². The van der Waals surface area contributed by atoms with Crippen LogP contribution in [0.2, 0.25) is 0 Å². The maximum atomic E-state index is 6.52. The third-order valence-electron chi connectivity index (χ3n) is 10.6. The molecule has 0 unspecified atom stereocenters. The summed E-state index contributed by atoms with van der Waals surface area (Å²) in [6.07, 6.45) is 46.9. The van der Waals surface area contributed by atoms with Gasteiger partial charge in [-0.2, -0.15) is 0 Å². The fraction of sp³-hybridized carbons (Fsp3) is 0.911. The molecule has 2 heterocycles. The van der Waals surface area contributed by atoms with Gasteiger partial charge in [0.25, 0.3) is 0 Å². The van der Waals surface area contributed by atoms with Crippen molar-refractivity contribution in [3.63, 3.8) is 0 Å². The average Bonchev–Trinajstić information content (AvgIpc) is 3.62. The average molecular weight is 704 g/mol. The molecule has 2 aliphatic heterocycles. The first-order chi connectivity index (χ1) is 24.6. The third-order valence-corrected chi connectivity index (χ3v) is 10.6. The zero-order valence-corrected chi connectivity index (χ0v) is 33.9. The maximum absolute atomic E-state index is 6.52. The molecule has 0 saturated carbocycles. The van der Waals surface area contributed by atoms with Gasteiger partial charge >= 0.3 is 0 Å². The van der Waals surface area contributed by atoms with E-state index in [2.05, 4.69) is 43.5 Å². The summed E-state index contributed by atoms with van der Waals surface area (Å²) in [6, 6.07) is 0.121. The van der Waals surface area contributed by atoms with E-state index in [0.717, 1.165) is 32.6 Å². The Hall–Kier alpha value is -0.720. The minimum absolute atomic E-state index is 0.000240. The molecular weight excluding hydrogens is 618 g/mol. The van der Waals surface area contributed by atoms with Gasteiger partial charge in [0.1, 0.15) is 12.2 Å². The Kier molecular flexibility index (Phi) is 28.9. The fourth-order valence-corrected chi connectivity index (χ4v) is 7.53. The van der Waals surface area contributed by atoms with Crippen molar-refractivity contribution in [3.05, 3.63) is 24.3 Å². The lowest BCUT2D eigenvalue weighted by molar-refractivity contribution is -0.159. The zero-order chi connectivity index (χ0) is 35.8. The highest BCUT2D eigenvalue weighted by atomic mass is 16.8. The Morgan fingerprint density at radius 3 is 1.46 bits per heavy atom. The molecular formula is C45H85NO4. The quantitative estimate of drug-likeness (QED) is 0.0520. The molecule has 0 bridgehead atoms.